The summed E-state index contributed by atoms with van der Waals surface area (Å²) in [5.74, 6) is 1.80. The van der Waals surface area contributed by atoms with Crippen LogP contribution >= 0.6 is 22.7 Å². The largest absolute Gasteiger partial charge is 0.306 e. The number of amides is 1. The molecule has 186 valence electrons. The van der Waals surface area contributed by atoms with Crippen LogP contribution in [0, 0.1) is 11.8 Å². The second-order valence-corrected chi connectivity index (χ2v) is 10.8. The van der Waals surface area contributed by atoms with Crippen molar-refractivity contribution in [1.29, 1.82) is 0 Å². The number of pyridine rings is 2. The maximum atomic E-state index is 12.0. The molecule has 0 spiro atoms. The predicted octanol–water partition coefficient (Wildman–Crippen LogP) is 8.63. The minimum absolute atomic E-state index is 0.0892. The Hall–Kier alpha value is -2.83. The molecule has 0 unspecified atom stereocenters. The highest BCUT2D eigenvalue weighted by atomic mass is 32.1. The quantitative estimate of drug-likeness (QED) is 0.272. The molecule has 0 atom stereocenters. The van der Waals surface area contributed by atoms with Crippen molar-refractivity contribution in [1.82, 2.24) is 9.97 Å². The lowest BCUT2D eigenvalue weighted by atomic mass is 10.0. The number of carbonyl (C=O) groups is 1. The normalized spacial score (nSPS) is 10.3. The van der Waals surface area contributed by atoms with E-state index in [-0.39, 0.29) is 5.91 Å². The summed E-state index contributed by atoms with van der Waals surface area (Å²) in [5, 5.41) is 4.94. The smallest absolute Gasteiger partial charge is 0.266 e. The maximum absolute atomic E-state index is 12.0. The van der Waals surface area contributed by atoms with Crippen LogP contribution in [-0.4, -0.2) is 15.9 Å². The SMILES string of the molecule is CC.CC(C)Cc1ccc(C(=O)Nc2ccccn2)s1.CC(C)Cc1sccc1-c1ccccn1. The van der Waals surface area contributed by atoms with Crippen LogP contribution in [-0.2, 0) is 12.8 Å². The third-order valence-corrected chi connectivity index (χ3v) is 6.73. The second-order valence-electron chi connectivity index (χ2n) is 8.60. The molecule has 0 saturated heterocycles. The lowest BCUT2D eigenvalue weighted by Crippen LogP contribution is -2.10. The van der Waals surface area contributed by atoms with E-state index < -0.39 is 0 Å². The van der Waals surface area contributed by atoms with Crippen molar-refractivity contribution >= 4 is 34.4 Å². The fourth-order valence-corrected chi connectivity index (χ4v) is 5.46. The van der Waals surface area contributed by atoms with E-state index in [0.29, 0.717) is 17.7 Å². The summed E-state index contributed by atoms with van der Waals surface area (Å²) in [4.78, 5) is 23.9. The van der Waals surface area contributed by atoms with E-state index in [1.807, 2.05) is 67.8 Å². The van der Waals surface area contributed by atoms with Gasteiger partial charge in [-0.15, -0.1) is 22.7 Å². The van der Waals surface area contributed by atoms with Crippen LogP contribution in [0.3, 0.4) is 0 Å². The first kappa shape index (κ1) is 28.4. The van der Waals surface area contributed by atoms with Gasteiger partial charge in [0.25, 0.3) is 5.91 Å². The molecule has 0 aliphatic rings. The summed E-state index contributed by atoms with van der Waals surface area (Å²) in [6, 6.07) is 17.6. The van der Waals surface area contributed by atoms with Gasteiger partial charge in [-0.1, -0.05) is 53.7 Å². The van der Waals surface area contributed by atoms with Crippen molar-refractivity contribution in [3.05, 3.63) is 87.0 Å². The summed E-state index contributed by atoms with van der Waals surface area (Å²) in [5.41, 5.74) is 2.39. The number of nitrogens with one attached hydrogen (secondary N) is 1. The van der Waals surface area contributed by atoms with Gasteiger partial charge in [-0.05, 0) is 72.5 Å². The molecule has 6 heteroatoms. The number of carbonyl (C=O) groups excluding carboxylic acids is 1. The molecule has 4 aromatic heterocycles. The number of hydrogen-bond donors (Lipinski definition) is 1. The van der Waals surface area contributed by atoms with Gasteiger partial charge in [0.1, 0.15) is 5.82 Å². The van der Waals surface area contributed by atoms with Crippen molar-refractivity contribution in [2.24, 2.45) is 11.8 Å². The van der Waals surface area contributed by atoms with Crippen molar-refractivity contribution < 1.29 is 4.79 Å². The number of thiophene rings is 2. The molecule has 4 nitrogen and oxygen atoms in total. The highest BCUT2D eigenvalue weighted by Gasteiger charge is 2.11. The van der Waals surface area contributed by atoms with Crippen molar-refractivity contribution in [3.8, 4) is 11.3 Å². The van der Waals surface area contributed by atoms with Gasteiger partial charge in [-0.25, -0.2) is 4.98 Å². The molecule has 0 aromatic carbocycles. The zero-order valence-corrected chi connectivity index (χ0v) is 23.2. The monoisotopic (exact) mass is 507 g/mol. The van der Waals surface area contributed by atoms with E-state index in [9.17, 15) is 4.79 Å². The molecular formula is C29H37N3OS2. The number of anilines is 1. The first-order valence-electron chi connectivity index (χ1n) is 12.2. The zero-order valence-electron chi connectivity index (χ0n) is 21.6. The molecule has 0 saturated carbocycles. The second kappa shape index (κ2) is 15.2. The van der Waals surface area contributed by atoms with Crippen LogP contribution in [0.4, 0.5) is 5.82 Å². The Balaban J connectivity index is 0.000000234. The zero-order chi connectivity index (χ0) is 25.6. The Kier molecular flexibility index (Phi) is 12.4. The van der Waals surface area contributed by atoms with Gasteiger partial charge in [0.15, 0.2) is 0 Å². The molecule has 35 heavy (non-hydrogen) atoms. The maximum Gasteiger partial charge on any atom is 0.266 e. The lowest BCUT2D eigenvalue weighted by Gasteiger charge is -2.05. The third-order valence-electron chi connectivity index (χ3n) is 4.68. The van der Waals surface area contributed by atoms with Crippen LogP contribution in [0.5, 0.6) is 0 Å². The summed E-state index contributed by atoms with van der Waals surface area (Å²) in [6.45, 7) is 12.9. The van der Waals surface area contributed by atoms with Crippen molar-refractivity contribution in [2.75, 3.05) is 5.32 Å². The summed E-state index contributed by atoms with van der Waals surface area (Å²) < 4.78 is 0. The lowest BCUT2D eigenvalue weighted by molar-refractivity contribution is 0.103. The first-order valence-corrected chi connectivity index (χ1v) is 13.9. The number of aromatic nitrogens is 2. The molecule has 1 N–H and O–H groups in total. The van der Waals surface area contributed by atoms with E-state index in [4.69, 9.17) is 0 Å². The van der Waals surface area contributed by atoms with Crippen LogP contribution in [0.15, 0.2) is 72.4 Å². The highest BCUT2D eigenvalue weighted by molar-refractivity contribution is 7.14. The van der Waals surface area contributed by atoms with Crippen molar-refractivity contribution in [3.63, 3.8) is 0 Å². The molecule has 0 fully saturated rings. The average Bonchev–Trinajstić information content (AvgIpc) is 3.51. The molecule has 4 heterocycles. The number of rotatable bonds is 7. The van der Waals surface area contributed by atoms with Gasteiger partial charge in [-0.2, -0.15) is 0 Å². The third kappa shape index (κ3) is 9.74. The van der Waals surface area contributed by atoms with Gasteiger partial charge in [0.2, 0.25) is 0 Å². The standard InChI is InChI=1S/C14H16N2OS.C13H15NS.C2H6/c1-10(2)9-11-6-7-12(18-11)14(17)16-13-5-3-4-8-15-13;1-10(2)9-13-11(6-8-15-13)12-5-3-4-7-14-12;1-2/h3-8,10H,9H2,1-2H3,(H,15,16,17);3-8,10H,9H2,1-2H3;1-2H3. The topological polar surface area (TPSA) is 54.9 Å². The Labute approximate surface area is 218 Å². The van der Waals surface area contributed by atoms with E-state index in [0.717, 1.165) is 23.4 Å². The Morgan fingerprint density at radius 3 is 2.14 bits per heavy atom. The van der Waals surface area contributed by atoms with Gasteiger partial charge in [0, 0.05) is 27.7 Å². The van der Waals surface area contributed by atoms with E-state index in [1.165, 1.54) is 15.3 Å². The van der Waals surface area contributed by atoms with Gasteiger partial charge >= 0.3 is 0 Å². The molecular weight excluding hydrogens is 470 g/mol. The Morgan fingerprint density at radius 1 is 0.857 bits per heavy atom. The van der Waals surface area contributed by atoms with Crippen LogP contribution < -0.4 is 5.32 Å². The van der Waals surface area contributed by atoms with E-state index >= 15 is 0 Å². The average molecular weight is 508 g/mol. The summed E-state index contributed by atoms with van der Waals surface area (Å²) >= 11 is 3.38. The molecule has 0 aliphatic heterocycles. The van der Waals surface area contributed by atoms with Crippen LogP contribution in [0.25, 0.3) is 11.3 Å². The number of hydrogen-bond acceptors (Lipinski definition) is 5. The highest BCUT2D eigenvalue weighted by Crippen LogP contribution is 2.28. The van der Waals surface area contributed by atoms with Crippen molar-refractivity contribution in [2.45, 2.75) is 54.4 Å². The van der Waals surface area contributed by atoms with Gasteiger partial charge < -0.3 is 5.32 Å². The van der Waals surface area contributed by atoms with Crippen LogP contribution in [0.1, 0.15) is 61.0 Å². The minimum Gasteiger partial charge on any atom is -0.306 e. The molecule has 0 aliphatic carbocycles. The molecule has 4 aromatic rings. The summed E-state index contributed by atoms with van der Waals surface area (Å²) in [7, 11) is 0. The van der Waals surface area contributed by atoms with E-state index in [1.54, 1.807) is 23.6 Å². The molecule has 0 radical (unpaired) electrons. The van der Waals surface area contributed by atoms with Gasteiger partial charge in [0.05, 0.1) is 10.6 Å². The fraction of sp³-hybridized carbons (Fsp3) is 0.345. The molecule has 4 rings (SSSR count). The first-order chi connectivity index (χ1) is 16.9. The van der Waals surface area contributed by atoms with E-state index in [2.05, 4.69) is 60.5 Å². The fourth-order valence-electron chi connectivity index (χ4n) is 3.25. The minimum atomic E-state index is -0.0892. The Morgan fingerprint density at radius 2 is 1.54 bits per heavy atom. The van der Waals surface area contributed by atoms with Gasteiger partial charge in [-0.3, -0.25) is 9.78 Å². The predicted molar refractivity (Wildman–Crippen MR) is 152 cm³/mol. The molecule has 1 amide bonds. The molecule has 0 bridgehead atoms. The number of nitrogens with zero attached hydrogens (tertiary/aromatic N) is 2. The Bertz CT molecular complexity index is 1120. The summed E-state index contributed by atoms with van der Waals surface area (Å²) in [6.07, 6.45) is 5.67. The van der Waals surface area contributed by atoms with Crippen LogP contribution in [0.2, 0.25) is 0 Å².